The van der Waals surface area contributed by atoms with Crippen LogP contribution >= 0.6 is 11.3 Å². The fourth-order valence-corrected chi connectivity index (χ4v) is 3.49. The number of carbonyl (C=O) groups excluding carboxylic acids is 1. The number of nitrogens with two attached hydrogens (primary N) is 1. The van der Waals surface area contributed by atoms with E-state index in [4.69, 9.17) is 5.73 Å². The van der Waals surface area contributed by atoms with Crippen molar-refractivity contribution < 1.29 is 18.0 Å². The van der Waals surface area contributed by atoms with Crippen LogP contribution < -0.4 is 10.6 Å². The van der Waals surface area contributed by atoms with E-state index in [2.05, 4.69) is 0 Å². The van der Waals surface area contributed by atoms with Gasteiger partial charge in [-0.3, -0.25) is 4.79 Å². The summed E-state index contributed by atoms with van der Waals surface area (Å²) in [6, 6.07) is 1.70. The van der Waals surface area contributed by atoms with Crippen LogP contribution in [-0.4, -0.2) is 25.0 Å². The molecule has 7 heteroatoms. The van der Waals surface area contributed by atoms with Crippen molar-refractivity contribution in [1.82, 2.24) is 0 Å². The summed E-state index contributed by atoms with van der Waals surface area (Å²) in [5.74, 6) is -1.24. The molecule has 0 amide bonds. The summed E-state index contributed by atoms with van der Waals surface area (Å²) in [6.45, 7) is 2.46. The van der Waals surface area contributed by atoms with Crippen molar-refractivity contribution in [2.45, 2.75) is 32.4 Å². The topological polar surface area (TPSA) is 46.3 Å². The molecule has 2 heterocycles. The number of hydrogen-bond acceptors (Lipinski definition) is 4. The number of halogens is 3. The fraction of sp³-hybridized carbons (Fsp3) is 0.615. The van der Waals surface area contributed by atoms with Crippen LogP contribution in [-0.2, 0) is 0 Å². The Bertz CT molecular complexity index is 490. The van der Waals surface area contributed by atoms with E-state index in [1.165, 1.54) is 11.3 Å². The number of anilines is 2. The number of hydrogen-bond donors (Lipinski definition) is 1. The number of ketones is 1. The van der Waals surface area contributed by atoms with Gasteiger partial charge in [-0.1, -0.05) is 6.92 Å². The van der Waals surface area contributed by atoms with E-state index >= 15 is 0 Å². The van der Waals surface area contributed by atoms with E-state index in [9.17, 15) is 18.0 Å². The minimum Gasteiger partial charge on any atom is -0.397 e. The predicted molar refractivity (Wildman–Crippen MR) is 74.3 cm³/mol. The zero-order valence-electron chi connectivity index (χ0n) is 11.2. The van der Waals surface area contributed by atoms with E-state index in [-0.39, 0.29) is 18.6 Å². The minimum absolute atomic E-state index is 0.0241. The number of Topliss-reactive ketones (excluding diaryl/α,β-unsaturated/α-hetero) is 1. The van der Waals surface area contributed by atoms with E-state index in [1.807, 2.05) is 4.90 Å². The molecule has 2 rings (SSSR count). The third kappa shape index (κ3) is 3.08. The second kappa shape index (κ2) is 5.63. The molecule has 1 aromatic heterocycles. The largest absolute Gasteiger partial charge is 0.397 e. The van der Waals surface area contributed by atoms with Crippen LogP contribution in [0.2, 0.25) is 0 Å². The summed E-state index contributed by atoms with van der Waals surface area (Å²) in [7, 11) is 0. The van der Waals surface area contributed by atoms with Gasteiger partial charge in [-0.15, -0.1) is 11.3 Å². The Labute approximate surface area is 119 Å². The van der Waals surface area contributed by atoms with Gasteiger partial charge in [-0.05, 0) is 18.9 Å². The van der Waals surface area contributed by atoms with Crippen molar-refractivity contribution in [2.24, 2.45) is 5.92 Å². The molecule has 0 bridgehead atoms. The van der Waals surface area contributed by atoms with Crippen molar-refractivity contribution in [3.05, 3.63) is 10.9 Å². The summed E-state index contributed by atoms with van der Waals surface area (Å²) in [5.41, 5.74) is 6.23. The maximum absolute atomic E-state index is 12.6. The number of carbonyl (C=O) groups is 1. The van der Waals surface area contributed by atoms with Gasteiger partial charge in [0.2, 0.25) is 0 Å². The zero-order valence-corrected chi connectivity index (χ0v) is 12.0. The number of alkyl halides is 3. The molecule has 1 aliphatic heterocycles. The monoisotopic (exact) mass is 306 g/mol. The van der Waals surface area contributed by atoms with Gasteiger partial charge in [0, 0.05) is 19.5 Å². The zero-order chi connectivity index (χ0) is 14.9. The van der Waals surface area contributed by atoms with Crippen LogP contribution in [0.1, 0.15) is 35.9 Å². The van der Waals surface area contributed by atoms with Crippen molar-refractivity contribution >= 4 is 27.8 Å². The summed E-state index contributed by atoms with van der Waals surface area (Å²) in [6.07, 6.45) is -3.54. The number of thiophene rings is 1. The Morgan fingerprint density at radius 3 is 2.55 bits per heavy atom. The summed E-state index contributed by atoms with van der Waals surface area (Å²) >= 11 is 1.28. The Balaban J connectivity index is 2.06. The average Bonchev–Trinajstić information content (AvgIpc) is 2.79. The Kier molecular flexibility index (Phi) is 4.27. The van der Waals surface area contributed by atoms with E-state index in [1.54, 1.807) is 13.0 Å². The molecule has 0 aromatic carbocycles. The van der Waals surface area contributed by atoms with Crippen molar-refractivity contribution in [2.75, 3.05) is 23.7 Å². The van der Waals surface area contributed by atoms with Crippen LogP contribution in [0, 0.1) is 5.92 Å². The summed E-state index contributed by atoms with van der Waals surface area (Å²) < 4.78 is 37.8. The highest BCUT2D eigenvalue weighted by atomic mass is 32.1. The summed E-state index contributed by atoms with van der Waals surface area (Å²) in [4.78, 5) is 14.1. The molecule has 0 aliphatic carbocycles. The van der Waals surface area contributed by atoms with Gasteiger partial charge in [0.25, 0.3) is 0 Å². The molecule has 112 valence electrons. The molecular weight excluding hydrogens is 289 g/mol. The standard InChI is InChI=1S/C13H17F3N2OS/c1-2-10(19)12-9(17)7-11(20-12)18-5-3-8(4-6-18)13(14,15)16/h7-8H,2-6,17H2,1H3. The Hall–Kier alpha value is -1.24. The Morgan fingerprint density at radius 1 is 1.45 bits per heavy atom. The van der Waals surface area contributed by atoms with Crippen LogP contribution in [0.5, 0.6) is 0 Å². The molecule has 0 saturated carbocycles. The normalized spacial score (nSPS) is 17.5. The molecule has 2 N–H and O–H groups in total. The molecule has 20 heavy (non-hydrogen) atoms. The first-order valence-corrected chi connectivity index (χ1v) is 7.38. The van der Waals surface area contributed by atoms with Crippen molar-refractivity contribution in [3.63, 3.8) is 0 Å². The number of piperidine rings is 1. The first-order valence-electron chi connectivity index (χ1n) is 6.57. The van der Waals surface area contributed by atoms with E-state index in [0.717, 1.165) is 5.00 Å². The third-order valence-electron chi connectivity index (χ3n) is 3.59. The number of nitrogen functional groups attached to an aromatic ring is 1. The van der Waals surface area contributed by atoms with E-state index in [0.29, 0.717) is 30.1 Å². The highest BCUT2D eigenvalue weighted by Gasteiger charge is 2.41. The quantitative estimate of drug-likeness (QED) is 0.866. The molecule has 0 unspecified atom stereocenters. The van der Waals surface area contributed by atoms with Gasteiger partial charge < -0.3 is 10.6 Å². The number of nitrogens with zero attached hydrogens (tertiary/aromatic N) is 1. The summed E-state index contributed by atoms with van der Waals surface area (Å²) in [5, 5.41) is 0.792. The van der Waals surface area contributed by atoms with Crippen LogP contribution in [0.4, 0.5) is 23.9 Å². The molecule has 0 spiro atoms. The van der Waals surface area contributed by atoms with Crippen LogP contribution in [0.3, 0.4) is 0 Å². The molecular formula is C13H17F3N2OS. The lowest BCUT2D eigenvalue weighted by molar-refractivity contribution is -0.179. The van der Waals surface area contributed by atoms with E-state index < -0.39 is 12.1 Å². The molecule has 0 radical (unpaired) electrons. The lowest BCUT2D eigenvalue weighted by Gasteiger charge is -2.33. The molecule has 1 aromatic rings. The van der Waals surface area contributed by atoms with Crippen LogP contribution in [0.15, 0.2) is 6.07 Å². The first kappa shape index (κ1) is 15.2. The van der Waals surface area contributed by atoms with Gasteiger partial charge in [0.1, 0.15) is 0 Å². The number of rotatable bonds is 3. The lowest BCUT2D eigenvalue weighted by atomic mass is 9.96. The molecule has 1 saturated heterocycles. The van der Waals surface area contributed by atoms with Gasteiger partial charge in [-0.2, -0.15) is 13.2 Å². The van der Waals surface area contributed by atoms with Crippen molar-refractivity contribution in [3.8, 4) is 0 Å². The first-order chi connectivity index (χ1) is 9.32. The Morgan fingerprint density at radius 2 is 2.05 bits per heavy atom. The second-order valence-corrected chi connectivity index (χ2v) is 5.98. The van der Waals surface area contributed by atoms with Crippen molar-refractivity contribution in [1.29, 1.82) is 0 Å². The highest BCUT2D eigenvalue weighted by molar-refractivity contribution is 7.18. The predicted octanol–water partition coefficient (Wildman–Crippen LogP) is 3.70. The van der Waals surface area contributed by atoms with Gasteiger partial charge in [0.05, 0.1) is 21.5 Å². The molecule has 1 aliphatic rings. The van der Waals surface area contributed by atoms with Crippen LogP contribution in [0.25, 0.3) is 0 Å². The fourth-order valence-electron chi connectivity index (χ4n) is 2.35. The van der Waals surface area contributed by atoms with Gasteiger partial charge in [0.15, 0.2) is 5.78 Å². The average molecular weight is 306 g/mol. The second-order valence-electron chi connectivity index (χ2n) is 4.95. The maximum atomic E-state index is 12.6. The third-order valence-corrected chi connectivity index (χ3v) is 4.84. The highest BCUT2D eigenvalue weighted by Crippen LogP contribution is 2.38. The maximum Gasteiger partial charge on any atom is 0.391 e. The molecule has 1 fully saturated rings. The smallest absolute Gasteiger partial charge is 0.391 e. The van der Waals surface area contributed by atoms with Gasteiger partial charge >= 0.3 is 6.18 Å². The molecule has 3 nitrogen and oxygen atoms in total. The SMILES string of the molecule is CCC(=O)c1sc(N2CCC(C(F)(F)F)CC2)cc1N. The van der Waals surface area contributed by atoms with Gasteiger partial charge in [-0.25, -0.2) is 0 Å². The lowest BCUT2D eigenvalue weighted by Crippen LogP contribution is -2.38. The minimum atomic E-state index is -4.11. The molecule has 0 atom stereocenters.